The molecule has 12 heteroatoms. The zero-order valence-electron chi connectivity index (χ0n) is 25.5. The van der Waals surface area contributed by atoms with Gasteiger partial charge in [0.2, 0.25) is 0 Å². The van der Waals surface area contributed by atoms with Crippen molar-refractivity contribution in [1.29, 1.82) is 0 Å². The molecule has 12 nitrogen and oxygen atoms in total. The van der Waals surface area contributed by atoms with Crippen LogP contribution in [0.5, 0.6) is 23.0 Å². The number of benzene rings is 4. The van der Waals surface area contributed by atoms with Gasteiger partial charge in [-0.3, -0.25) is 0 Å². The Morgan fingerprint density at radius 3 is 0.604 bits per heavy atom. The fraction of sp³-hybridized carbons (Fsp3) is 0.222. The van der Waals surface area contributed by atoms with Gasteiger partial charge in [-0.2, -0.15) is 0 Å². The van der Waals surface area contributed by atoms with Crippen molar-refractivity contribution in [2.75, 3.05) is 0 Å². The molecule has 0 heterocycles. The van der Waals surface area contributed by atoms with E-state index in [1.807, 2.05) is 0 Å². The van der Waals surface area contributed by atoms with E-state index in [0.717, 1.165) is 0 Å². The van der Waals surface area contributed by atoms with Crippen LogP contribution in [0.2, 0.25) is 0 Å². The molecule has 1 aliphatic carbocycles. The van der Waals surface area contributed by atoms with Gasteiger partial charge in [-0.25, -0.2) is 19.2 Å². The standard InChI is InChI=1S/C36H32O12/c37-29-13-21-5-1-17-9-25(33(41)42)26(34(43)44)10-18(17)2-6-23-15-31(39)32(40)16-24(23)8-4-20-12-28(36(47)48)27(35(45)46)11-19(20)3-7-22(21)14-30(29)38/h9-16,37-40H,1-8H2,(H,41,42)(H,43,44)(H,45,46)(H,47,48). The van der Waals surface area contributed by atoms with Gasteiger partial charge in [0, 0.05) is 0 Å². The Bertz CT molecular complexity index is 1710. The van der Waals surface area contributed by atoms with Crippen molar-refractivity contribution in [2.24, 2.45) is 0 Å². The second-order valence-electron chi connectivity index (χ2n) is 11.8. The van der Waals surface area contributed by atoms with Crippen LogP contribution in [0.3, 0.4) is 0 Å². The number of aromatic carboxylic acids is 4. The molecule has 0 aliphatic heterocycles. The summed E-state index contributed by atoms with van der Waals surface area (Å²) in [7, 11) is 0. The van der Waals surface area contributed by atoms with Gasteiger partial charge in [0.1, 0.15) is 0 Å². The average Bonchev–Trinajstić information content (AvgIpc) is 3.03. The van der Waals surface area contributed by atoms with E-state index < -0.39 is 23.9 Å². The molecule has 5 rings (SSSR count). The summed E-state index contributed by atoms with van der Waals surface area (Å²) in [5.74, 6) is -7.18. The molecule has 8 N–H and O–H groups in total. The van der Waals surface area contributed by atoms with Crippen molar-refractivity contribution >= 4 is 23.9 Å². The Morgan fingerprint density at radius 1 is 0.312 bits per heavy atom. The van der Waals surface area contributed by atoms with E-state index in [9.17, 15) is 60.0 Å². The lowest BCUT2D eigenvalue weighted by atomic mass is 9.86. The second kappa shape index (κ2) is 13.4. The number of carboxylic acids is 4. The maximum atomic E-state index is 12.0. The minimum Gasteiger partial charge on any atom is -0.504 e. The lowest BCUT2D eigenvalue weighted by Gasteiger charge is -2.19. The van der Waals surface area contributed by atoms with Gasteiger partial charge in [0.15, 0.2) is 23.0 Å². The first-order valence-electron chi connectivity index (χ1n) is 15.1. The van der Waals surface area contributed by atoms with Crippen molar-refractivity contribution in [2.45, 2.75) is 51.4 Å². The number of hydrogen-bond donors (Lipinski definition) is 8. The quantitative estimate of drug-likeness (QED) is 0.139. The van der Waals surface area contributed by atoms with Gasteiger partial charge in [-0.05, 0) is 144 Å². The number of carbonyl (C=O) groups is 4. The second-order valence-corrected chi connectivity index (χ2v) is 11.8. The number of phenols is 4. The monoisotopic (exact) mass is 656 g/mol. The van der Waals surface area contributed by atoms with Gasteiger partial charge >= 0.3 is 23.9 Å². The van der Waals surface area contributed by atoms with Crippen molar-refractivity contribution in [3.05, 3.63) is 115 Å². The number of fused-ring (bicyclic) bond motifs is 4. The van der Waals surface area contributed by atoms with E-state index >= 15 is 0 Å². The Balaban J connectivity index is 1.69. The van der Waals surface area contributed by atoms with Crippen molar-refractivity contribution in [1.82, 2.24) is 0 Å². The van der Waals surface area contributed by atoms with Crippen LogP contribution in [0.25, 0.3) is 0 Å². The first kappa shape index (κ1) is 33.3. The van der Waals surface area contributed by atoms with Crippen LogP contribution in [-0.4, -0.2) is 64.7 Å². The molecule has 0 saturated carbocycles. The number of hydrogen-bond acceptors (Lipinski definition) is 8. The summed E-state index contributed by atoms with van der Waals surface area (Å²) in [6, 6.07) is 10.8. The minimum absolute atomic E-state index is 0.224. The molecule has 4 aromatic carbocycles. The van der Waals surface area contributed by atoms with Gasteiger partial charge in [-0.15, -0.1) is 0 Å². The first-order chi connectivity index (χ1) is 22.7. The van der Waals surface area contributed by atoms with Crippen molar-refractivity contribution in [3.8, 4) is 23.0 Å². The molecule has 1 aliphatic rings. The van der Waals surface area contributed by atoms with Crippen LogP contribution in [0.1, 0.15) is 85.9 Å². The zero-order valence-corrected chi connectivity index (χ0v) is 25.5. The summed E-state index contributed by atoms with van der Waals surface area (Å²) >= 11 is 0. The molecular formula is C36H32O12. The molecule has 0 fully saturated rings. The van der Waals surface area contributed by atoms with Crippen molar-refractivity contribution in [3.63, 3.8) is 0 Å². The van der Waals surface area contributed by atoms with E-state index in [2.05, 4.69) is 0 Å². The third-order valence-electron chi connectivity index (χ3n) is 8.85. The fourth-order valence-corrected chi connectivity index (χ4v) is 6.35. The molecule has 0 bridgehead atoms. The molecule has 4 aromatic rings. The van der Waals surface area contributed by atoms with E-state index in [4.69, 9.17) is 0 Å². The lowest BCUT2D eigenvalue weighted by Crippen LogP contribution is -2.13. The number of aromatic hydroxyl groups is 4. The number of rotatable bonds is 4. The first-order valence-corrected chi connectivity index (χ1v) is 15.1. The Labute approximate surface area is 273 Å². The van der Waals surface area contributed by atoms with Crippen LogP contribution in [-0.2, 0) is 51.4 Å². The Kier molecular flexibility index (Phi) is 9.28. The summed E-state index contributed by atoms with van der Waals surface area (Å²) < 4.78 is 0. The third-order valence-corrected chi connectivity index (χ3v) is 8.85. The molecule has 0 radical (unpaired) electrons. The van der Waals surface area contributed by atoms with Crippen molar-refractivity contribution < 1.29 is 60.0 Å². The predicted octanol–water partition coefficient (Wildman–Crippen LogP) is 4.76. The maximum absolute atomic E-state index is 12.0. The number of phenolic OH excluding ortho intramolecular Hbond substituents is 4. The van der Waals surface area contributed by atoms with Crippen LogP contribution in [0, 0.1) is 0 Å². The summed E-state index contributed by atoms with van der Waals surface area (Å²) in [5, 5.41) is 80.6. The number of aryl methyl sites for hydroxylation is 8. The molecule has 0 unspecified atom stereocenters. The van der Waals surface area contributed by atoms with Crippen LogP contribution < -0.4 is 0 Å². The molecule has 0 amide bonds. The largest absolute Gasteiger partial charge is 0.504 e. The summed E-state index contributed by atoms with van der Waals surface area (Å²) in [5.41, 5.74) is 3.05. The summed E-state index contributed by atoms with van der Waals surface area (Å²) in [6.45, 7) is 0. The zero-order chi connectivity index (χ0) is 34.9. The third kappa shape index (κ3) is 6.87. The highest BCUT2D eigenvalue weighted by Gasteiger charge is 2.23. The molecular weight excluding hydrogens is 624 g/mol. The summed E-state index contributed by atoms with van der Waals surface area (Å²) in [6.07, 6.45) is 1.89. The van der Waals surface area contributed by atoms with E-state index in [1.54, 1.807) is 0 Å². The van der Waals surface area contributed by atoms with Gasteiger partial charge < -0.3 is 40.9 Å². The molecule has 0 spiro atoms. The highest BCUT2D eigenvalue weighted by molar-refractivity contribution is 6.02. The van der Waals surface area contributed by atoms with Gasteiger partial charge in [0.05, 0.1) is 22.3 Å². The highest BCUT2D eigenvalue weighted by atomic mass is 16.4. The van der Waals surface area contributed by atoms with Gasteiger partial charge in [0.25, 0.3) is 0 Å². The molecule has 0 saturated heterocycles. The smallest absolute Gasteiger partial charge is 0.336 e. The van der Waals surface area contributed by atoms with Crippen LogP contribution >= 0.6 is 0 Å². The fourth-order valence-electron chi connectivity index (χ4n) is 6.35. The van der Waals surface area contributed by atoms with E-state index in [1.165, 1.54) is 48.5 Å². The molecule has 248 valence electrons. The molecule has 48 heavy (non-hydrogen) atoms. The Morgan fingerprint density at radius 2 is 0.458 bits per heavy atom. The van der Waals surface area contributed by atoms with Crippen LogP contribution in [0.15, 0.2) is 48.5 Å². The predicted molar refractivity (Wildman–Crippen MR) is 170 cm³/mol. The summed E-state index contributed by atoms with van der Waals surface area (Å²) in [4.78, 5) is 48.1. The number of carboxylic acid groups (broad SMARTS) is 4. The molecule has 0 atom stereocenters. The SMILES string of the molecule is O=C(O)c1cc2c(cc1C(=O)O)CCc1cc(O)c(O)cc1CCc1cc(C(=O)O)c(C(=O)O)cc1CCc1cc(O)c(O)cc1CC2. The maximum Gasteiger partial charge on any atom is 0.336 e. The molecule has 0 aromatic heterocycles. The van der Waals surface area contributed by atoms with Crippen LogP contribution in [0.4, 0.5) is 0 Å². The van der Waals surface area contributed by atoms with Gasteiger partial charge in [-0.1, -0.05) is 0 Å². The van der Waals surface area contributed by atoms with E-state index in [0.29, 0.717) is 44.5 Å². The minimum atomic E-state index is -1.42. The van der Waals surface area contributed by atoms with E-state index in [-0.39, 0.29) is 96.6 Å². The lowest BCUT2D eigenvalue weighted by molar-refractivity contribution is 0.0651. The topological polar surface area (TPSA) is 230 Å². The Hall–Kier alpha value is -6.04. The normalized spacial score (nSPS) is 13.3. The highest BCUT2D eigenvalue weighted by Crippen LogP contribution is 2.34. The average molecular weight is 657 g/mol.